The summed E-state index contributed by atoms with van der Waals surface area (Å²) in [4.78, 5) is 14.9. The Kier molecular flexibility index (Phi) is 5.13. The van der Waals surface area contributed by atoms with Crippen molar-refractivity contribution >= 4 is 18.3 Å². The standard InChI is InChI=1S/C15H26N2O.ClH/c16-8-13-2-1-3-14(13)15(18)17(9-11-4-5-11)10-12-6-7-12;/h11-14H,1-10,16H2;1H/t13-,14-;/m1./s1. The summed E-state index contributed by atoms with van der Waals surface area (Å²) in [5.74, 6) is 2.75. The summed E-state index contributed by atoms with van der Waals surface area (Å²) in [6.45, 7) is 2.75. The number of nitrogens with zero attached hydrogens (tertiary/aromatic N) is 1. The zero-order chi connectivity index (χ0) is 12.5. The first kappa shape index (κ1) is 15.1. The highest BCUT2D eigenvalue weighted by Gasteiger charge is 2.38. The molecule has 0 aromatic heterocycles. The van der Waals surface area contributed by atoms with Gasteiger partial charge in [0.15, 0.2) is 0 Å². The van der Waals surface area contributed by atoms with Crippen molar-refractivity contribution in [1.82, 2.24) is 4.90 Å². The minimum absolute atomic E-state index is 0. The molecule has 4 heteroatoms. The van der Waals surface area contributed by atoms with Crippen molar-refractivity contribution in [2.45, 2.75) is 44.9 Å². The largest absolute Gasteiger partial charge is 0.342 e. The minimum Gasteiger partial charge on any atom is -0.342 e. The molecular formula is C15H27ClN2O. The molecule has 0 spiro atoms. The van der Waals surface area contributed by atoms with Crippen LogP contribution in [0.25, 0.3) is 0 Å². The SMILES string of the molecule is Cl.NC[C@H]1CCC[C@H]1C(=O)N(CC1CC1)CC1CC1. The Labute approximate surface area is 122 Å². The van der Waals surface area contributed by atoms with Crippen LogP contribution < -0.4 is 5.73 Å². The maximum atomic E-state index is 12.7. The van der Waals surface area contributed by atoms with Crippen molar-refractivity contribution in [3.8, 4) is 0 Å². The van der Waals surface area contributed by atoms with E-state index in [9.17, 15) is 4.79 Å². The Hall–Kier alpha value is -0.280. The highest BCUT2D eigenvalue weighted by Crippen LogP contribution is 2.37. The molecule has 0 bridgehead atoms. The highest BCUT2D eigenvalue weighted by molar-refractivity contribution is 5.85. The van der Waals surface area contributed by atoms with Crippen LogP contribution in [-0.2, 0) is 4.79 Å². The number of amides is 1. The van der Waals surface area contributed by atoms with Gasteiger partial charge >= 0.3 is 0 Å². The van der Waals surface area contributed by atoms with Crippen LogP contribution in [0.2, 0.25) is 0 Å². The first-order chi connectivity index (χ1) is 8.78. The average Bonchev–Trinajstić information content (AvgIpc) is 3.29. The van der Waals surface area contributed by atoms with Gasteiger partial charge in [-0.15, -0.1) is 12.4 Å². The van der Waals surface area contributed by atoms with Crippen molar-refractivity contribution in [2.75, 3.05) is 19.6 Å². The van der Waals surface area contributed by atoms with Crippen LogP contribution in [0.3, 0.4) is 0 Å². The van der Waals surface area contributed by atoms with Gasteiger partial charge in [0.25, 0.3) is 0 Å². The number of hydrogen-bond acceptors (Lipinski definition) is 2. The lowest BCUT2D eigenvalue weighted by atomic mass is 9.94. The molecule has 3 nitrogen and oxygen atoms in total. The average molecular weight is 287 g/mol. The van der Waals surface area contributed by atoms with E-state index in [1.54, 1.807) is 0 Å². The van der Waals surface area contributed by atoms with Crippen LogP contribution in [0.1, 0.15) is 44.9 Å². The first-order valence-corrected chi connectivity index (χ1v) is 7.76. The Morgan fingerprint density at radius 1 is 1.00 bits per heavy atom. The lowest BCUT2D eigenvalue weighted by Crippen LogP contribution is -2.41. The summed E-state index contributed by atoms with van der Waals surface area (Å²) in [5.41, 5.74) is 5.82. The van der Waals surface area contributed by atoms with Gasteiger partial charge in [0, 0.05) is 19.0 Å². The van der Waals surface area contributed by atoms with Crippen LogP contribution in [0.5, 0.6) is 0 Å². The molecule has 3 aliphatic carbocycles. The van der Waals surface area contributed by atoms with Crippen LogP contribution in [0.4, 0.5) is 0 Å². The molecule has 0 saturated heterocycles. The molecule has 3 saturated carbocycles. The maximum absolute atomic E-state index is 12.7. The quantitative estimate of drug-likeness (QED) is 0.815. The molecular weight excluding hydrogens is 260 g/mol. The third-order valence-corrected chi connectivity index (χ3v) is 4.94. The van der Waals surface area contributed by atoms with Crippen LogP contribution >= 0.6 is 12.4 Å². The second-order valence-corrected chi connectivity index (χ2v) is 6.66. The molecule has 0 aromatic rings. The van der Waals surface area contributed by atoms with E-state index in [0.29, 0.717) is 18.4 Å². The van der Waals surface area contributed by atoms with Crippen LogP contribution in [0.15, 0.2) is 0 Å². The molecule has 3 aliphatic rings. The molecule has 2 atom stereocenters. The highest BCUT2D eigenvalue weighted by atomic mass is 35.5. The fourth-order valence-corrected chi connectivity index (χ4v) is 3.36. The Bertz CT molecular complexity index is 301. The van der Waals surface area contributed by atoms with Crippen molar-refractivity contribution < 1.29 is 4.79 Å². The van der Waals surface area contributed by atoms with Gasteiger partial charge in [0.2, 0.25) is 5.91 Å². The number of nitrogens with two attached hydrogens (primary N) is 1. The van der Waals surface area contributed by atoms with E-state index in [0.717, 1.165) is 37.8 Å². The van der Waals surface area contributed by atoms with Gasteiger partial charge in [-0.3, -0.25) is 4.79 Å². The van der Waals surface area contributed by atoms with Crippen LogP contribution in [0, 0.1) is 23.7 Å². The van der Waals surface area contributed by atoms with E-state index < -0.39 is 0 Å². The monoisotopic (exact) mass is 286 g/mol. The molecule has 0 heterocycles. The van der Waals surface area contributed by atoms with Gasteiger partial charge in [-0.2, -0.15) is 0 Å². The van der Waals surface area contributed by atoms with Gasteiger partial charge < -0.3 is 10.6 Å². The number of rotatable bonds is 6. The normalized spacial score (nSPS) is 29.9. The molecule has 2 N–H and O–H groups in total. The fourth-order valence-electron chi connectivity index (χ4n) is 3.36. The summed E-state index contributed by atoms with van der Waals surface area (Å²) in [5, 5.41) is 0. The second-order valence-electron chi connectivity index (χ2n) is 6.66. The topological polar surface area (TPSA) is 46.3 Å². The predicted octanol–water partition coefficient (Wildman–Crippen LogP) is 2.43. The molecule has 3 rings (SSSR count). The number of carbonyl (C=O) groups excluding carboxylic acids is 1. The summed E-state index contributed by atoms with van der Waals surface area (Å²) >= 11 is 0. The molecule has 3 fully saturated rings. The van der Waals surface area contributed by atoms with Crippen molar-refractivity contribution in [3.63, 3.8) is 0 Å². The summed E-state index contributed by atoms with van der Waals surface area (Å²) in [6, 6.07) is 0. The van der Waals surface area contributed by atoms with Gasteiger partial charge in [-0.1, -0.05) is 6.42 Å². The van der Waals surface area contributed by atoms with Crippen LogP contribution in [-0.4, -0.2) is 30.4 Å². The van der Waals surface area contributed by atoms with E-state index in [4.69, 9.17) is 5.73 Å². The fraction of sp³-hybridized carbons (Fsp3) is 0.933. The lowest BCUT2D eigenvalue weighted by molar-refractivity contribution is -0.137. The molecule has 0 aromatic carbocycles. The molecule has 0 aliphatic heterocycles. The first-order valence-electron chi connectivity index (χ1n) is 7.76. The minimum atomic E-state index is 0. The molecule has 0 radical (unpaired) electrons. The van der Waals surface area contributed by atoms with E-state index in [-0.39, 0.29) is 18.3 Å². The van der Waals surface area contributed by atoms with Crippen molar-refractivity contribution in [1.29, 1.82) is 0 Å². The molecule has 19 heavy (non-hydrogen) atoms. The van der Waals surface area contributed by atoms with Gasteiger partial charge in [-0.25, -0.2) is 0 Å². The summed E-state index contributed by atoms with van der Waals surface area (Å²) in [7, 11) is 0. The Morgan fingerprint density at radius 2 is 1.58 bits per heavy atom. The molecule has 110 valence electrons. The zero-order valence-corrected chi connectivity index (χ0v) is 12.5. The van der Waals surface area contributed by atoms with E-state index in [1.165, 1.54) is 32.1 Å². The van der Waals surface area contributed by atoms with E-state index in [2.05, 4.69) is 4.90 Å². The number of carbonyl (C=O) groups is 1. The smallest absolute Gasteiger partial charge is 0.226 e. The maximum Gasteiger partial charge on any atom is 0.226 e. The summed E-state index contributed by atoms with van der Waals surface area (Å²) < 4.78 is 0. The van der Waals surface area contributed by atoms with Gasteiger partial charge in [-0.05, 0) is 62.8 Å². The van der Waals surface area contributed by atoms with Crippen molar-refractivity contribution in [3.05, 3.63) is 0 Å². The second kappa shape index (κ2) is 6.45. The number of hydrogen-bond donors (Lipinski definition) is 1. The van der Waals surface area contributed by atoms with E-state index in [1.807, 2.05) is 0 Å². The summed E-state index contributed by atoms with van der Waals surface area (Å²) in [6.07, 6.45) is 8.76. The van der Waals surface area contributed by atoms with Gasteiger partial charge in [0.05, 0.1) is 0 Å². The number of halogens is 1. The molecule has 0 unspecified atom stereocenters. The predicted molar refractivity (Wildman–Crippen MR) is 79.2 cm³/mol. The third kappa shape index (κ3) is 3.85. The lowest BCUT2D eigenvalue weighted by Gasteiger charge is -2.28. The van der Waals surface area contributed by atoms with Gasteiger partial charge in [0.1, 0.15) is 0 Å². The zero-order valence-electron chi connectivity index (χ0n) is 11.7. The Balaban J connectivity index is 0.00000133. The third-order valence-electron chi connectivity index (χ3n) is 4.94. The molecule has 1 amide bonds. The van der Waals surface area contributed by atoms with Crippen molar-refractivity contribution in [2.24, 2.45) is 29.4 Å². The Morgan fingerprint density at radius 3 is 2.05 bits per heavy atom. The van der Waals surface area contributed by atoms with E-state index >= 15 is 0 Å².